The first-order valence-corrected chi connectivity index (χ1v) is 7.71. The minimum atomic E-state index is -0.278. The summed E-state index contributed by atoms with van der Waals surface area (Å²) in [4.78, 5) is 10.4. The average molecular weight is 300 g/mol. The highest BCUT2D eigenvalue weighted by Gasteiger charge is 2.20. The molecule has 1 aliphatic heterocycles. The number of hydrogen-bond acceptors (Lipinski definition) is 4. The Balaban J connectivity index is 1.59. The fourth-order valence-corrected chi connectivity index (χ4v) is 2.93. The molecule has 1 N–H and O–H groups in total. The summed E-state index contributed by atoms with van der Waals surface area (Å²) in [6, 6.07) is 6.11. The number of piperidine rings is 1. The molecule has 2 aromatic rings. The molecule has 1 saturated heterocycles. The zero-order valence-electron chi connectivity index (χ0n) is 12.8. The van der Waals surface area contributed by atoms with Crippen molar-refractivity contribution in [2.45, 2.75) is 32.4 Å². The monoisotopic (exact) mass is 300 g/mol. The third-order valence-electron chi connectivity index (χ3n) is 4.03. The maximum absolute atomic E-state index is 13.3. The second kappa shape index (κ2) is 6.83. The minimum absolute atomic E-state index is 0.278. The van der Waals surface area contributed by atoms with Crippen LogP contribution in [-0.4, -0.2) is 29.1 Å². The lowest BCUT2D eigenvalue weighted by Gasteiger charge is -2.34. The van der Waals surface area contributed by atoms with Crippen LogP contribution in [0.15, 0.2) is 36.8 Å². The smallest absolute Gasteiger partial charge is 0.143 e. The van der Waals surface area contributed by atoms with Gasteiger partial charge in [-0.2, -0.15) is 0 Å². The van der Waals surface area contributed by atoms with E-state index in [-0.39, 0.29) is 5.82 Å². The van der Waals surface area contributed by atoms with Gasteiger partial charge in [-0.15, -0.1) is 0 Å². The first kappa shape index (κ1) is 14.9. The molecule has 4 nitrogen and oxygen atoms in total. The van der Waals surface area contributed by atoms with Gasteiger partial charge in [-0.25, -0.2) is 4.39 Å². The van der Waals surface area contributed by atoms with Crippen molar-refractivity contribution in [2.75, 3.05) is 18.0 Å². The molecule has 0 saturated carbocycles. The Kier molecular flexibility index (Phi) is 4.63. The average Bonchev–Trinajstić information content (AvgIpc) is 2.53. The lowest BCUT2D eigenvalue weighted by Crippen LogP contribution is -2.45. The van der Waals surface area contributed by atoms with E-state index in [1.165, 1.54) is 11.8 Å². The Morgan fingerprint density at radius 1 is 1.36 bits per heavy atom. The fraction of sp³-hybridized carbons (Fsp3) is 0.412. The van der Waals surface area contributed by atoms with Gasteiger partial charge in [0.2, 0.25) is 0 Å². The number of hydrogen-bond donors (Lipinski definition) is 1. The van der Waals surface area contributed by atoms with Gasteiger partial charge < -0.3 is 10.2 Å². The van der Waals surface area contributed by atoms with Gasteiger partial charge in [0.1, 0.15) is 5.82 Å². The van der Waals surface area contributed by atoms with E-state index in [0.717, 1.165) is 43.9 Å². The number of anilines is 1. The molecule has 0 aliphatic carbocycles. The van der Waals surface area contributed by atoms with Gasteiger partial charge in [-0.3, -0.25) is 9.97 Å². The van der Waals surface area contributed by atoms with Crippen molar-refractivity contribution in [3.63, 3.8) is 0 Å². The van der Waals surface area contributed by atoms with E-state index in [0.29, 0.717) is 6.04 Å². The number of aryl methyl sites for hydroxylation is 1. The fourth-order valence-electron chi connectivity index (χ4n) is 2.93. The SMILES string of the molecule is Cc1cc(CN[C@H]2CCCN(c3cncc(F)c3)C2)ccn1. The number of rotatable bonds is 4. The van der Waals surface area contributed by atoms with Crippen LogP contribution in [0.3, 0.4) is 0 Å². The van der Waals surface area contributed by atoms with E-state index in [1.54, 1.807) is 12.3 Å². The molecule has 0 aromatic carbocycles. The quantitative estimate of drug-likeness (QED) is 0.942. The molecular formula is C17H21FN4. The normalized spacial score (nSPS) is 18.5. The van der Waals surface area contributed by atoms with Crippen molar-refractivity contribution in [1.29, 1.82) is 0 Å². The Bertz CT molecular complexity index is 632. The summed E-state index contributed by atoms with van der Waals surface area (Å²) in [5.41, 5.74) is 3.15. The highest BCUT2D eigenvalue weighted by Crippen LogP contribution is 2.20. The van der Waals surface area contributed by atoms with E-state index >= 15 is 0 Å². The van der Waals surface area contributed by atoms with Crippen LogP contribution in [0, 0.1) is 12.7 Å². The molecule has 1 aliphatic rings. The molecule has 22 heavy (non-hydrogen) atoms. The Labute approximate surface area is 130 Å². The number of aromatic nitrogens is 2. The van der Waals surface area contributed by atoms with Gasteiger partial charge >= 0.3 is 0 Å². The first-order valence-electron chi connectivity index (χ1n) is 7.71. The van der Waals surface area contributed by atoms with Crippen LogP contribution in [0.1, 0.15) is 24.1 Å². The second-order valence-corrected chi connectivity index (χ2v) is 5.83. The lowest BCUT2D eigenvalue weighted by molar-refractivity contribution is 0.421. The van der Waals surface area contributed by atoms with Gasteiger partial charge in [0.05, 0.1) is 18.1 Å². The topological polar surface area (TPSA) is 41.0 Å². The van der Waals surface area contributed by atoms with Crippen LogP contribution >= 0.6 is 0 Å². The minimum Gasteiger partial charge on any atom is -0.369 e. The maximum atomic E-state index is 13.3. The Hall–Kier alpha value is -2.01. The Morgan fingerprint density at radius 2 is 2.27 bits per heavy atom. The van der Waals surface area contributed by atoms with Crippen LogP contribution in [-0.2, 0) is 6.54 Å². The van der Waals surface area contributed by atoms with Crippen molar-refractivity contribution in [2.24, 2.45) is 0 Å². The molecule has 3 heterocycles. The van der Waals surface area contributed by atoms with Crippen LogP contribution in [0.2, 0.25) is 0 Å². The van der Waals surface area contributed by atoms with E-state index < -0.39 is 0 Å². The van der Waals surface area contributed by atoms with E-state index in [4.69, 9.17) is 0 Å². The predicted octanol–water partition coefficient (Wildman–Crippen LogP) is 2.68. The van der Waals surface area contributed by atoms with Gasteiger partial charge in [0.25, 0.3) is 0 Å². The maximum Gasteiger partial charge on any atom is 0.143 e. The zero-order valence-corrected chi connectivity index (χ0v) is 12.8. The van der Waals surface area contributed by atoms with Crippen molar-refractivity contribution in [3.8, 4) is 0 Å². The van der Waals surface area contributed by atoms with Crippen molar-refractivity contribution in [1.82, 2.24) is 15.3 Å². The third-order valence-corrected chi connectivity index (χ3v) is 4.03. The number of nitrogens with one attached hydrogen (secondary N) is 1. The molecule has 0 unspecified atom stereocenters. The molecule has 0 spiro atoms. The van der Waals surface area contributed by atoms with Crippen LogP contribution in [0.25, 0.3) is 0 Å². The summed E-state index contributed by atoms with van der Waals surface area (Å²) < 4.78 is 13.3. The summed E-state index contributed by atoms with van der Waals surface area (Å²) in [6.07, 6.45) is 7.07. The summed E-state index contributed by atoms with van der Waals surface area (Å²) >= 11 is 0. The number of pyridine rings is 2. The first-order chi connectivity index (χ1) is 10.7. The molecule has 2 aromatic heterocycles. The van der Waals surface area contributed by atoms with Crippen molar-refractivity contribution >= 4 is 5.69 Å². The molecule has 1 fully saturated rings. The summed E-state index contributed by atoms with van der Waals surface area (Å²) in [7, 11) is 0. The predicted molar refractivity (Wildman–Crippen MR) is 85.2 cm³/mol. The lowest BCUT2D eigenvalue weighted by atomic mass is 10.0. The summed E-state index contributed by atoms with van der Waals surface area (Å²) in [5, 5.41) is 3.60. The molecule has 0 amide bonds. The molecule has 1 atom stereocenters. The largest absolute Gasteiger partial charge is 0.369 e. The highest BCUT2D eigenvalue weighted by molar-refractivity contribution is 5.44. The standard InChI is InChI=1S/C17H21FN4/c1-13-7-14(4-5-20-13)9-21-16-3-2-6-22(12-16)17-8-15(18)10-19-11-17/h4-5,7-8,10-11,16,21H,2-3,6,9,12H2,1H3/t16-/m0/s1. The second-order valence-electron chi connectivity index (χ2n) is 5.83. The summed E-state index contributed by atoms with van der Waals surface area (Å²) in [6.45, 7) is 4.68. The number of halogens is 1. The molecule has 0 radical (unpaired) electrons. The zero-order chi connectivity index (χ0) is 15.4. The van der Waals surface area contributed by atoms with Gasteiger partial charge in [-0.1, -0.05) is 0 Å². The molecular weight excluding hydrogens is 279 g/mol. The third kappa shape index (κ3) is 3.80. The molecule has 116 valence electrons. The van der Waals surface area contributed by atoms with E-state index in [9.17, 15) is 4.39 Å². The molecule has 3 rings (SSSR count). The van der Waals surface area contributed by atoms with E-state index in [1.807, 2.05) is 19.2 Å². The van der Waals surface area contributed by atoms with Crippen molar-refractivity contribution < 1.29 is 4.39 Å². The summed E-state index contributed by atoms with van der Waals surface area (Å²) in [5.74, 6) is -0.278. The Morgan fingerprint density at radius 3 is 3.09 bits per heavy atom. The highest BCUT2D eigenvalue weighted by atomic mass is 19.1. The van der Waals surface area contributed by atoms with Crippen LogP contribution < -0.4 is 10.2 Å². The number of nitrogens with zero attached hydrogens (tertiary/aromatic N) is 3. The van der Waals surface area contributed by atoms with Crippen LogP contribution in [0.5, 0.6) is 0 Å². The molecule has 0 bridgehead atoms. The van der Waals surface area contributed by atoms with Gasteiger partial charge in [0, 0.05) is 43.6 Å². The van der Waals surface area contributed by atoms with Gasteiger partial charge in [-0.05, 0) is 37.5 Å². The molecule has 5 heteroatoms. The van der Waals surface area contributed by atoms with Crippen LogP contribution in [0.4, 0.5) is 10.1 Å². The van der Waals surface area contributed by atoms with E-state index in [2.05, 4.69) is 26.3 Å². The van der Waals surface area contributed by atoms with Gasteiger partial charge in [0.15, 0.2) is 0 Å². The van der Waals surface area contributed by atoms with Crippen molar-refractivity contribution in [3.05, 3.63) is 53.9 Å².